The van der Waals surface area contributed by atoms with Crippen molar-refractivity contribution in [3.63, 3.8) is 0 Å². The average Bonchev–Trinajstić information content (AvgIpc) is 3.33. The van der Waals surface area contributed by atoms with Crippen molar-refractivity contribution in [2.45, 2.75) is 18.9 Å². The molecule has 0 spiro atoms. The molecule has 10 nitrogen and oxygen atoms in total. The van der Waals surface area contributed by atoms with Gasteiger partial charge in [-0.15, -0.1) is 0 Å². The Morgan fingerprint density at radius 1 is 1.06 bits per heavy atom. The van der Waals surface area contributed by atoms with Crippen molar-refractivity contribution in [3.8, 4) is 0 Å². The van der Waals surface area contributed by atoms with E-state index in [0.29, 0.717) is 32.8 Å². The summed E-state index contributed by atoms with van der Waals surface area (Å²) in [6, 6.07) is 4.22. The summed E-state index contributed by atoms with van der Waals surface area (Å²) >= 11 is 0. The molecule has 2 aliphatic heterocycles. The van der Waals surface area contributed by atoms with Gasteiger partial charge < -0.3 is 24.4 Å². The van der Waals surface area contributed by atoms with Crippen molar-refractivity contribution in [2.24, 2.45) is 0 Å². The molecule has 2 heterocycles. The number of piperazine rings is 1. The zero-order valence-electron chi connectivity index (χ0n) is 17.7. The van der Waals surface area contributed by atoms with Crippen LogP contribution in [0.2, 0.25) is 0 Å². The highest BCUT2D eigenvalue weighted by molar-refractivity contribution is 6.03. The molecule has 31 heavy (non-hydrogen) atoms. The Labute approximate surface area is 180 Å². The molecule has 0 aliphatic carbocycles. The number of hydrogen-bond donors (Lipinski definition) is 1. The molecule has 10 heteroatoms. The fraction of sp³-hybridized carbons (Fsp3) is 0.524. The predicted octanol–water partition coefficient (Wildman–Crippen LogP) is 0.522. The van der Waals surface area contributed by atoms with E-state index in [4.69, 9.17) is 14.2 Å². The van der Waals surface area contributed by atoms with E-state index in [1.807, 2.05) is 4.90 Å². The number of benzene rings is 1. The normalized spacial score (nSPS) is 19.0. The minimum atomic E-state index is -0.632. The summed E-state index contributed by atoms with van der Waals surface area (Å²) in [5.41, 5.74) is 0.508. The molecule has 0 radical (unpaired) electrons. The number of carbonyl (C=O) groups is 4. The fourth-order valence-electron chi connectivity index (χ4n) is 3.68. The first-order valence-electron chi connectivity index (χ1n) is 10.2. The fourth-order valence-corrected chi connectivity index (χ4v) is 3.68. The number of hydrogen-bond acceptors (Lipinski definition) is 8. The van der Waals surface area contributed by atoms with Gasteiger partial charge in [-0.3, -0.25) is 14.5 Å². The van der Waals surface area contributed by atoms with Crippen molar-refractivity contribution in [2.75, 3.05) is 58.9 Å². The monoisotopic (exact) mass is 433 g/mol. The maximum absolute atomic E-state index is 12.6. The van der Waals surface area contributed by atoms with E-state index in [0.717, 1.165) is 12.8 Å². The second-order valence-corrected chi connectivity index (χ2v) is 7.39. The summed E-state index contributed by atoms with van der Waals surface area (Å²) in [6.45, 7) is 2.87. The van der Waals surface area contributed by atoms with Gasteiger partial charge in [0, 0.05) is 32.8 Å². The lowest BCUT2D eigenvalue weighted by Gasteiger charge is -2.35. The van der Waals surface area contributed by atoms with Crippen LogP contribution in [0.4, 0.5) is 5.69 Å². The standard InChI is InChI=1S/C21H27N3O7/c1-29-20(27)14-5-6-15(21(28)30-2)16(12-14)22-18(25)13-23-7-9-24(10-8-23)19(26)17-4-3-11-31-17/h5-6,12,17H,3-4,7-11,13H2,1-2H3,(H,22,25). The zero-order chi connectivity index (χ0) is 22.4. The molecule has 2 saturated heterocycles. The van der Waals surface area contributed by atoms with Gasteiger partial charge in [0.05, 0.1) is 37.6 Å². The second kappa shape index (κ2) is 10.4. The van der Waals surface area contributed by atoms with Gasteiger partial charge >= 0.3 is 11.9 Å². The van der Waals surface area contributed by atoms with E-state index in [-0.39, 0.29) is 41.3 Å². The van der Waals surface area contributed by atoms with Gasteiger partial charge in [0.15, 0.2) is 0 Å². The third kappa shape index (κ3) is 5.59. The van der Waals surface area contributed by atoms with Crippen molar-refractivity contribution in [1.82, 2.24) is 9.80 Å². The lowest BCUT2D eigenvalue weighted by Crippen LogP contribution is -2.52. The number of esters is 2. The van der Waals surface area contributed by atoms with Gasteiger partial charge in [-0.2, -0.15) is 0 Å². The van der Waals surface area contributed by atoms with Gasteiger partial charge in [-0.1, -0.05) is 0 Å². The average molecular weight is 433 g/mol. The highest BCUT2D eigenvalue weighted by atomic mass is 16.5. The van der Waals surface area contributed by atoms with Crippen LogP contribution in [0.3, 0.4) is 0 Å². The summed E-state index contributed by atoms with van der Waals surface area (Å²) in [6.07, 6.45) is 1.32. The van der Waals surface area contributed by atoms with Gasteiger partial charge in [0.1, 0.15) is 6.10 Å². The first kappa shape index (κ1) is 22.7. The molecule has 0 saturated carbocycles. The number of rotatable bonds is 6. The number of carbonyl (C=O) groups excluding carboxylic acids is 4. The van der Waals surface area contributed by atoms with E-state index >= 15 is 0 Å². The van der Waals surface area contributed by atoms with Crippen LogP contribution < -0.4 is 5.32 Å². The molecule has 2 amide bonds. The largest absolute Gasteiger partial charge is 0.465 e. The van der Waals surface area contributed by atoms with Crippen LogP contribution in [-0.4, -0.2) is 93.2 Å². The zero-order valence-corrected chi connectivity index (χ0v) is 17.7. The van der Waals surface area contributed by atoms with Gasteiger partial charge in [-0.25, -0.2) is 9.59 Å². The van der Waals surface area contributed by atoms with E-state index in [9.17, 15) is 19.2 Å². The topological polar surface area (TPSA) is 114 Å². The smallest absolute Gasteiger partial charge is 0.339 e. The summed E-state index contributed by atoms with van der Waals surface area (Å²) in [4.78, 5) is 52.6. The summed E-state index contributed by atoms with van der Waals surface area (Å²) < 4.78 is 14.9. The van der Waals surface area contributed by atoms with E-state index in [1.165, 1.54) is 32.4 Å². The second-order valence-electron chi connectivity index (χ2n) is 7.39. The molecule has 3 rings (SSSR count). The quantitative estimate of drug-likeness (QED) is 0.646. The van der Waals surface area contributed by atoms with Crippen LogP contribution in [0.25, 0.3) is 0 Å². The molecular formula is C21H27N3O7. The molecule has 2 fully saturated rings. The first-order chi connectivity index (χ1) is 14.9. The number of anilines is 1. The predicted molar refractivity (Wildman–Crippen MR) is 110 cm³/mol. The van der Waals surface area contributed by atoms with E-state index in [1.54, 1.807) is 4.90 Å². The molecule has 0 bridgehead atoms. The van der Waals surface area contributed by atoms with Crippen LogP contribution in [0.15, 0.2) is 18.2 Å². The molecular weight excluding hydrogens is 406 g/mol. The molecule has 168 valence electrons. The molecule has 1 N–H and O–H groups in total. The molecule has 2 aliphatic rings. The van der Waals surface area contributed by atoms with Crippen molar-refractivity contribution >= 4 is 29.4 Å². The first-order valence-corrected chi connectivity index (χ1v) is 10.2. The lowest BCUT2D eigenvalue weighted by atomic mass is 10.1. The van der Waals surface area contributed by atoms with Crippen LogP contribution in [0.5, 0.6) is 0 Å². The van der Waals surface area contributed by atoms with Crippen molar-refractivity contribution < 1.29 is 33.4 Å². The Morgan fingerprint density at radius 3 is 2.39 bits per heavy atom. The number of ether oxygens (including phenoxy) is 3. The van der Waals surface area contributed by atoms with Crippen LogP contribution in [-0.2, 0) is 23.8 Å². The molecule has 1 unspecified atom stereocenters. The number of nitrogens with zero attached hydrogens (tertiary/aromatic N) is 2. The van der Waals surface area contributed by atoms with Crippen molar-refractivity contribution in [1.29, 1.82) is 0 Å². The van der Waals surface area contributed by atoms with Crippen LogP contribution in [0, 0.1) is 0 Å². The Morgan fingerprint density at radius 2 is 1.77 bits per heavy atom. The Balaban J connectivity index is 1.58. The summed E-state index contributed by atoms with van der Waals surface area (Å²) in [5, 5.41) is 2.68. The highest BCUT2D eigenvalue weighted by Crippen LogP contribution is 2.20. The Bertz CT molecular complexity index is 843. The lowest BCUT2D eigenvalue weighted by molar-refractivity contribution is -0.142. The van der Waals surface area contributed by atoms with Gasteiger partial charge in [0.25, 0.3) is 5.91 Å². The number of amides is 2. The highest BCUT2D eigenvalue weighted by Gasteiger charge is 2.30. The third-order valence-electron chi connectivity index (χ3n) is 5.38. The van der Waals surface area contributed by atoms with Crippen LogP contribution in [0.1, 0.15) is 33.6 Å². The van der Waals surface area contributed by atoms with Gasteiger partial charge in [0.2, 0.25) is 5.91 Å². The minimum absolute atomic E-state index is 0.0175. The maximum Gasteiger partial charge on any atom is 0.339 e. The maximum atomic E-state index is 12.6. The number of methoxy groups -OCH3 is 2. The van der Waals surface area contributed by atoms with E-state index in [2.05, 4.69) is 5.32 Å². The SMILES string of the molecule is COC(=O)c1ccc(C(=O)OC)c(NC(=O)CN2CCN(C(=O)C3CCCO3)CC2)c1. The summed E-state index contributed by atoms with van der Waals surface area (Å²) in [7, 11) is 2.48. The molecule has 0 aromatic heterocycles. The number of nitrogens with one attached hydrogen (secondary N) is 1. The summed E-state index contributed by atoms with van der Waals surface area (Å²) in [5.74, 6) is -1.54. The van der Waals surface area contributed by atoms with E-state index < -0.39 is 11.9 Å². The molecule has 1 aromatic carbocycles. The minimum Gasteiger partial charge on any atom is -0.465 e. The van der Waals surface area contributed by atoms with Gasteiger partial charge in [-0.05, 0) is 31.0 Å². The Hall–Kier alpha value is -2.98. The van der Waals surface area contributed by atoms with Crippen LogP contribution >= 0.6 is 0 Å². The molecule has 1 atom stereocenters. The molecule has 1 aromatic rings. The third-order valence-corrected chi connectivity index (χ3v) is 5.38. The Kier molecular flexibility index (Phi) is 7.59. The van der Waals surface area contributed by atoms with Crippen molar-refractivity contribution in [3.05, 3.63) is 29.3 Å².